The highest BCUT2D eigenvalue weighted by atomic mass is 28.4. The molecule has 0 radical (unpaired) electrons. The van der Waals surface area contributed by atoms with Gasteiger partial charge >= 0.3 is 0 Å². The van der Waals surface area contributed by atoms with Crippen molar-refractivity contribution in [2.24, 2.45) is 5.16 Å². The molecule has 0 unspecified atom stereocenters. The number of oxime groups is 1. The standard InChI is InChI=1S/C24H33NO3Si/c1-5-27-25-22-17-12-18-26-23(22)19-28-29(24(2,3)4,20-13-8-6-9-14-20)21-15-10-7-11-16-21/h6-11,13-16,23H,5,12,17-19H2,1-4H3/b25-22+/t23-/m1/s1. The van der Waals surface area contributed by atoms with Crippen LogP contribution >= 0.6 is 0 Å². The van der Waals surface area contributed by atoms with Gasteiger partial charge in [0.25, 0.3) is 8.32 Å². The van der Waals surface area contributed by atoms with Gasteiger partial charge in [0, 0.05) is 6.61 Å². The molecule has 4 nitrogen and oxygen atoms in total. The lowest BCUT2D eigenvalue weighted by Gasteiger charge is -2.44. The van der Waals surface area contributed by atoms with E-state index in [1.54, 1.807) is 0 Å². The molecule has 1 saturated heterocycles. The molecule has 0 N–H and O–H groups in total. The Hall–Kier alpha value is -1.95. The van der Waals surface area contributed by atoms with Gasteiger partial charge < -0.3 is 14.0 Å². The Bertz CT molecular complexity index is 747. The van der Waals surface area contributed by atoms with Gasteiger partial charge in [-0.05, 0) is 35.2 Å². The second-order valence-corrected chi connectivity index (χ2v) is 12.7. The molecule has 2 aromatic rings. The van der Waals surface area contributed by atoms with E-state index in [-0.39, 0.29) is 11.1 Å². The summed E-state index contributed by atoms with van der Waals surface area (Å²) in [5.41, 5.74) is 0.955. The number of rotatable bonds is 7. The molecule has 1 aliphatic heterocycles. The van der Waals surface area contributed by atoms with Gasteiger partial charge in [-0.3, -0.25) is 0 Å². The third-order valence-electron chi connectivity index (χ3n) is 5.45. The van der Waals surface area contributed by atoms with Crippen LogP contribution in [0.3, 0.4) is 0 Å². The zero-order chi connectivity index (χ0) is 20.7. The minimum Gasteiger partial charge on any atom is -0.404 e. The van der Waals surface area contributed by atoms with Gasteiger partial charge in [-0.1, -0.05) is 86.6 Å². The second kappa shape index (κ2) is 9.70. The van der Waals surface area contributed by atoms with Crippen molar-refractivity contribution in [2.45, 2.75) is 51.7 Å². The maximum absolute atomic E-state index is 6.99. The van der Waals surface area contributed by atoms with Crippen molar-refractivity contribution in [3.63, 3.8) is 0 Å². The van der Waals surface area contributed by atoms with Crippen LogP contribution in [0.2, 0.25) is 5.04 Å². The first-order chi connectivity index (χ1) is 14.0. The first-order valence-corrected chi connectivity index (χ1v) is 12.4. The van der Waals surface area contributed by atoms with Crippen LogP contribution in [0.25, 0.3) is 0 Å². The number of nitrogens with zero attached hydrogens (tertiary/aromatic N) is 1. The average Bonchev–Trinajstić information content (AvgIpc) is 2.74. The molecule has 1 heterocycles. The fourth-order valence-electron chi connectivity index (χ4n) is 4.09. The molecule has 0 amide bonds. The van der Waals surface area contributed by atoms with E-state index in [0.717, 1.165) is 25.2 Å². The lowest BCUT2D eigenvalue weighted by molar-refractivity contribution is 0.0401. The summed E-state index contributed by atoms with van der Waals surface area (Å²) in [4.78, 5) is 5.34. The fourth-order valence-corrected chi connectivity index (χ4v) is 8.65. The van der Waals surface area contributed by atoms with Crippen LogP contribution in [0.4, 0.5) is 0 Å². The van der Waals surface area contributed by atoms with E-state index in [9.17, 15) is 0 Å². The van der Waals surface area contributed by atoms with Crippen molar-refractivity contribution in [3.8, 4) is 0 Å². The van der Waals surface area contributed by atoms with Gasteiger partial charge in [0.1, 0.15) is 12.7 Å². The van der Waals surface area contributed by atoms with E-state index >= 15 is 0 Å². The van der Waals surface area contributed by atoms with Crippen LogP contribution in [0.15, 0.2) is 65.8 Å². The van der Waals surface area contributed by atoms with E-state index in [4.69, 9.17) is 14.0 Å². The third-order valence-corrected chi connectivity index (χ3v) is 10.5. The molecule has 156 valence electrons. The van der Waals surface area contributed by atoms with E-state index in [1.807, 2.05) is 6.92 Å². The van der Waals surface area contributed by atoms with Crippen molar-refractivity contribution in [2.75, 3.05) is 19.8 Å². The van der Waals surface area contributed by atoms with Crippen LogP contribution < -0.4 is 10.4 Å². The number of benzene rings is 2. The molecular formula is C24H33NO3Si. The largest absolute Gasteiger partial charge is 0.404 e. The zero-order valence-electron chi connectivity index (χ0n) is 18.1. The first kappa shape index (κ1) is 21.7. The minimum atomic E-state index is -2.57. The van der Waals surface area contributed by atoms with Gasteiger partial charge in [-0.25, -0.2) is 0 Å². The molecule has 0 aromatic heterocycles. The van der Waals surface area contributed by atoms with Gasteiger partial charge in [0.15, 0.2) is 0 Å². The Morgan fingerprint density at radius 3 is 2.10 bits per heavy atom. The van der Waals surface area contributed by atoms with Crippen molar-refractivity contribution >= 4 is 24.4 Å². The number of hydrogen-bond donors (Lipinski definition) is 0. The minimum absolute atomic E-state index is 0.0540. The first-order valence-electron chi connectivity index (χ1n) is 10.5. The van der Waals surface area contributed by atoms with Crippen molar-refractivity contribution in [3.05, 3.63) is 60.7 Å². The lowest BCUT2D eigenvalue weighted by Crippen LogP contribution is -2.67. The third kappa shape index (κ3) is 4.79. The summed E-state index contributed by atoms with van der Waals surface area (Å²) >= 11 is 0. The average molecular weight is 412 g/mol. The highest BCUT2D eigenvalue weighted by molar-refractivity contribution is 6.99. The van der Waals surface area contributed by atoms with Crippen LogP contribution in [-0.2, 0) is 14.0 Å². The van der Waals surface area contributed by atoms with Crippen LogP contribution in [-0.4, -0.2) is 40.0 Å². The summed E-state index contributed by atoms with van der Waals surface area (Å²) in [5, 5.41) is 6.82. The monoisotopic (exact) mass is 411 g/mol. The maximum atomic E-state index is 6.99. The summed E-state index contributed by atoms with van der Waals surface area (Å²) in [6.45, 7) is 10.6. The summed E-state index contributed by atoms with van der Waals surface area (Å²) in [6.07, 6.45) is 1.72. The molecular weight excluding hydrogens is 378 g/mol. The molecule has 2 aromatic carbocycles. The quantitative estimate of drug-likeness (QED) is 0.508. The predicted molar refractivity (Wildman–Crippen MR) is 122 cm³/mol. The predicted octanol–water partition coefficient (Wildman–Crippen LogP) is 4.13. The highest BCUT2D eigenvalue weighted by Gasteiger charge is 2.50. The maximum Gasteiger partial charge on any atom is 0.261 e. The lowest BCUT2D eigenvalue weighted by atomic mass is 10.1. The molecule has 1 fully saturated rings. The van der Waals surface area contributed by atoms with E-state index in [0.29, 0.717) is 13.2 Å². The Kier molecular flexibility index (Phi) is 7.27. The summed E-state index contributed by atoms with van der Waals surface area (Å²) in [6, 6.07) is 21.4. The smallest absolute Gasteiger partial charge is 0.261 e. The Morgan fingerprint density at radius 1 is 1.00 bits per heavy atom. The molecule has 1 atom stereocenters. The molecule has 3 rings (SSSR count). The van der Waals surface area contributed by atoms with Crippen LogP contribution in [0.1, 0.15) is 40.5 Å². The summed E-state index contributed by atoms with van der Waals surface area (Å²) in [7, 11) is -2.57. The van der Waals surface area contributed by atoms with E-state index < -0.39 is 8.32 Å². The summed E-state index contributed by atoms with van der Waals surface area (Å²) in [5.74, 6) is 0. The van der Waals surface area contributed by atoms with Crippen molar-refractivity contribution in [1.82, 2.24) is 0 Å². The van der Waals surface area contributed by atoms with Crippen LogP contribution in [0, 0.1) is 0 Å². The summed E-state index contributed by atoms with van der Waals surface area (Å²) < 4.78 is 13.0. The van der Waals surface area contributed by atoms with Crippen LogP contribution in [0.5, 0.6) is 0 Å². The molecule has 0 saturated carbocycles. The fraction of sp³-hybridized carbons (Fsp3) is 0.458. The van der Waals surface area contributed by atoms with E-state index in [2.05, 4.69) is 86.6 Å². The number of hydrogen-bond acceptors (Lipinski definition) is 4. The SMILES string of the molecule is CCO/N=C1\CCCO[C@@H]1CO[Si](c1ccccc1)(c1ccccc1)C(C)(C)C. The Labute approximate surface area is 176 Å². The van der Waals surface area contributed by atoms with Crippen molar-refractivity contribution < 1.29 is 14.0 Å². The van der Waals surface area contributed by atoms with Gasteiger partial charge in [0.05, 0.1) is 12.3 Å². The molecule has 1 aliphatic rings. The van der Waals surface area contributed by atoms with Crippen molar-refractivity contribution in [1.29, 1.82) is 0 Å². The molecule has 29 heavy (non-hydrogen) atoms. The normalized spacial score (nSPS) is 19.3. The molecule has 5 heteroatoms. The molecule has 0 bridgehead atoms. The van der Waals surface area contributed by atoms with Gasteiger partial charge in [0.2, 0.25) is 0 Å². The molecule has 0 aliphatic carbocycles. The topological polar surface area (TPSA) is 40.0 Å². The zero-order valence-corrected chi connectivity index (χ0v) is 19.1. The van der Waals surface area contributed by atoms with Gasteiger partial charge in [-0.15, -0.1) is 0 Å². The molecule has 0 spiro atoms. The van der Waals surface area contributed by atoms with Gasteiger partial charge in [-0.2, -0.15) is 0 Å². The Morgan fingerprint density at radius 2 is 1.59 bits per heavy atom. The number of ether oxygens (including phenoxy) is 1. The second-order valence-electron chi connectivity index (χ2n) is 8.44. The highest BCUT2D eigenvalue weighted by Crippen LogP contribution is 2.37. The van der Waals surface area contributed by atoms with E-state index in [1.165, 1.54) is 10.4 Å². The Balaban J connectivity index is 1.99.